The Bertz CT molecular complexity index is 519. The molecule has 1 amide bonds. The van der Waals surface area contributed by atoms with Gasteiger partial charge in [-0.2, -0.15) is 10.2 Å². The minimum atomic E-state index is -0.331. The molecule has 2 heterocycles. The molecule has 0 aromatic rings. The maximum absolute atomic E-state index is 12.7. The average molecular weight is 315 g/mol. The molecule has 2 aliphatic heterocycles. The topological polar surface area (TPSA) is 45.0 Å². The van der Waals surface area contributed by atoms with Crippen LogP contribution in [-0.2, 0) is 4.79 Å². The van der Waals surface area contributed by atoms with Gasteiger partial charge in [-0.25, -0.2) is 0 Å². The van der Waals surface area contributed by atoms with Gasteiger partial charge in [0.05, 0.1) is 0 Å². The van der Waals surface area contributed by atoms with E-state index in [2.05, 4.69) is 34.9 Å². The van der Waals surface area contributed by atoms with Gasteiger partial charge < -0.3 is 4.90 Å². The van der Waals surface area contributed by atoms with Crippen molar-refractivity contribution in [1.82, 2.24) is 4.90 Å². The van der Waals surface area contributed by atoms with E-state index >= 15 is 0 Å². The first-order valence-electron chi connectivity index (χ1n) is 9.19. The van der Waals surface area contributed by atoms with Crippen LogP contribution in [0.4, 0.5) is 0 Å². The molecule has 1 aliphatic carbocycles. The van der Waals surface area contributed by atoms with Crippen LogP contribution >= 0.6 is 0 Å². The first-order valence-corrected chi connectivity index (χ1v) is 9.19. The van der Waals surface area contributed by atoms with Crippen molar-refractivity contribution >= 4 is 5.91 Å². The third-order valence-electron chi connectivity index (χ3n) is 6.04. The number of amides is 1. The molecule has 0 radical (unpaired) electrons. The van der Waals surface area contributed by atoms with E-state index in [1.54, 1.807) is 0 Å². The van der Waals surface area contributed by atoms with Gasteiger partial charge in [0.25, 0.3) is 0 Å². The Kier molecular flexibility index (Phi) is 4.49. The average Bonchev–Trinajstić information content (AvgIpc) is 3.29. The summed E-state index contributed by atoms with van der Waals surface area (Å²) in [6.45, 7) is 5.50. The number of carbonyl (C=O) groups excluding carboxylic acids is 1. The van der Waals surface area contributed by atoms with E-state index < -0.39 is 0 Å². The predicted octanol–water partition coefficient (Wildman–Crippen LogP) is 4.16. The highest BCUT2D eigenvalue weighted by atomic mass is 16.2. The zero-order valence-corrected chi connectivity index (χ0v) is 14.6. The SMILES string of the molecule is C#CCCC1(CCC(=O)N2CC3(CCCCC3)C2C(C)C)N=N1. The maximum Gasteiger partial charge on any atom is 0.223 e. The minimum absolute atomic E-state index is 0.289. The summed E-state index contributed by atoms with van der Waals surface area (Å²) >= 11 is 0. The Morgan fingerprint density at radius 3 is 2.52 bits per heavy atom. The van der Waals surface area contributed by atoms with E-state index in [1.807, 2.05) is 0 Å². The molecule has 0 bridgehead atoms. The van der Waals surface area contributed by atoms with E-state index in [0.29, 0.717) is 30.2 Å². The highest BCUT2D eigenvalue weighted by molar-refractivity contribution is 5.78. The highest BCUT2D eigenvalue weighted by Crippen LogP contribution is 2.52. The molecule has 3 rings (SSSR count). The quantitative estimate of drug-likeness (QED) is 0.679. The van der Waals surface area contributed by atoms with Gasteiger partial charge in [-0.1, -0.05) is 33.1 Å². The molecule has 0 aromatic carbocycles. The molecular weight excluding hydrogens is 286 g/mol. The van der Waals surface area contributed by atoms with Gasteiger partial charge >= 0.3 is 0 Å². The van der Waals surface area contributed by atoms with E-state index in [1.165, 1.54) is 32.1 Å². The minimum Gasteiger partial charge on any atom is -0.338 e. The van der Waals surface area contributed by atoms with Crippen LogP contribution in [0.25, 0.3) is 0 Å². The molecule has 1 spiro atoms. The van der Waals surface area contributed by atoms with Gasteiger partial charge in [-0.15, -0.1) is 12.3 Å². The summed E-state index contributed by atoms with van der Waals surface area (Å²) in [5.74, 6) is 3.47. The molecule has 0 N–H and O–H groups in total. The summed E-state index contributed by atoms with van der Waals surface area (Å²) < 4.78 is 0. The van der Waals surface area contributed by atoms with Crippen LogP contribution in [0.3, 0.4) is 0 Å². The van der Waals surface area contributed by atoms with Crippen molar-refractivity contribution in [3.8, 4) is 12.3 Å². The molecule has 1 atom stereocenters. The summed E-state index contributed by atoms with van der Waals surface area (Å²) in [6, 6.07) is 0.435. The fraction of sp³-hybridized carbons (Fsp3) is 0.842. The molecule has 0 aromatic heterocycles. The molecule has 4 heteroatoms. The van der Waals surface area contributed by atoms with Crippen LogP contribution < -0.4 is 0 Å². The molecular formula is C19H29N3O. The monoisotopic (exact) mass is 315 g/mol. The van der Waals surface area contributed by atoms with Crippen molar-refractivity contribution in [2.45, 2.75) is 83.3 Å². The second-order valence-corrected chi connectivity index (χ2v) is 8.02. The number of hydrogen-bond acceptors (Lipinski definition) is 3. The summed E-state index contributed by atoms with van der Waals surface area (Å²) in [5.41, 5.74) is 0.0836. The lowest BCUT2D eigenvalue weighted by Crippen LogP contribution is -2.68. The van der Waals surface area contributed by atoms with Crippen molar-refractivity contribution in [1.29, 1.82) is 0 Å². The predicted molar refractivity (Wildman–Crippen MR) is 90.7 cm³/mol. The Morgan fingerprint density at radius 1 is 1.26 bits per heavy atom. The summed E-state index contributed by atoms with van der Waals surface area (Å²) in [4.78, 5) is 14.9. The Labute approximate surface area is 140 Å². The second kappa shape index (κ2) is 6.26. The maximum atomic E-state index is 12.7. The van der Waals surface area contributed by atoms with Crippen LogP contribution in [0.2, 0.25) is 0 Å². The Balaban J connectivity index is 1.55. The third kappa shape index (κ3) is 3.16. The van der Waals surface area contributed by atoms with Crippen LogP contribution in [0.1, 0.15) is 71.6 Å². The van der Waals surface area contributed by atoms with Crippen LogP contribution in [0.15, 0.2) is 10.2 Å². The van der Waals surface area contributed by atoms with Crippen molar-refractivity contribution in [2.75, 3.05) is 6.54 Å². The zero-order chi connectivity index (χ0) is 16.5. The first-order chi connectivity index (χ1) is 11.0. The number of carbonyl (C=O) groups is 1. The Hall–Kier alpha value is -1.37. The van der Waals surface area contributed by atoms with Crippen molar-refractivity contribution in [3.05, 3.63) is 0 Å². The first kappa shape index (κ1) is 16.5. The number of hydrogen-bond donors (Lipinski definition) is 0. The number of likely N-dealkylation sites (tertiary alicyclic amines) is 1. The van der Waals surface area contributed by atoms with E-state index in [-0.39, 0.29) is 11.6 Å². The van der Waals surface area contributed by atoms with E-state index in [4.69, 9.17) is 6.42 Å². The molecule has 4 nitrogen and oxygen atoms in total. The standard InChI is InChI=1S/C19H29N3O/c1-4-5-12-19(20-21-19)13-9-16(23)22-14-18(17(22)15(2)3)10-7-6-8-11-18/h1,15,17H,5-14H2,2-3H3. The van der Waals surface area contributed by atoms with E-state index in [9.17, 15) is 4.79 Å². The second-order valence-electron chi connectivity index (χ2n) is 8.02. The summed E-state index contributed by atoms with van der Waals surface area (Å²) in [6.07, 6.45) is 14.7. The normalized spacial score (nSPS) is 26.9. The number of nitrogens with zero attached hydrogens (tertiary/aromatic N) is 3. The lowest BCUT2D eigenvalue weighted by atomic mass is 9.59. The molecule has 126 valence electrons. The fourth-order valence-electron chi connectivity index (χ4n) is 4.89. The molecule has 1 unspecified atom stereocenters. The fourth-order valence-corrected chi connectivity index (χ4v) is 4.89. The summed E-state index contributed by atoms with van der Waals surface area (Å²) in [7, 11) is 0. The molecule has 2 fully saturated rings. The molecule has 23 heavy (non-hydrogen) atoms. The number of rotatable bonds is 6. The van der Waals surface area contributed by atoms with Gasteiger partial charge in [0.15, 0.2) is 5.66 Å². The Morgan fingerprint density at radius 2 is 1.96 bits per heavy atom. The van der Waals surface area contributed by atoms with Crippen LogP contribution in [0, 0.1) is 23.7 Å². The van der Waals surface area contributed by atoms with Crippen molar-refractivity contribution in [3.63, 3.8) is 0 Å². The zero-order valence-electron chi connectivity index (χ0n) is 14.6. The smallest absolute Gasteiger partial charge is 0.223 e. The lowest BCUT2D eigenvalue weighted by molar-refractivity contribution is -0.165. The van der Waals surface area contributed by atoms with E-state index in [0.717, 1.165) is 19.4 Å². The van der Waals surface area contributed by atoms with Crippen LogP contribution in [-0.4, -0.2) is 29.1 Å². The van der Waals surface area contributed by atoms with Gasteiger partial charge in [-0.3, -0.25) is 4.79 Å². The van der Waals surface area contributed by atoms with Gasteiger partial charge in [0.2, 0.25) is 5.91 Å². The molecule has 1 saturated carbocycles. The summed E-state index contributed by atoms with van der Waals surface area (Å²) in [5, 5.41) is 8.29. The lowest BCUT2D eigenvalue weighted by Gasteiger charge is -2.61. The third-order valence-corrected chi connectivity index (χ3v) is 6.04. The van der Waals surface area contributed by atoms with Crippen molar-refractivity contribution < 1.29 is 4.79 Å². The molecule has 3 aliphatic rings. The number of terminal acetylenes is 1. The van der Waals surface area contributed by atoms with Gasteiger partial charge in [0.1, 0.15) is 0 Å². The van der Waals surface area contributed by atoms with Gasteiger partial charge in [-0.05, 0) is 18.8 Å². The highest BCUT2D eigenvalue weighted by Gasteiger charge is 2.55. The van der Waals surface area contributed by atoms with Gasteiger partial charge in [0, 0.05) is 43.7 Å². The van der Waals surface area contributed by atoms with Crippen molar-refractivity contribution in [2.24, 2.45) is 21.6 Å². The molecule has 1 saturated heterocycles. The largest absolute Gasteiger partial charge is 0.338 e. The van der Waals surface area contributed by atoms with Crippen LogP contribution in [0.5, 0.6) is 0 Å².